The normalized spacial score (nSPS) is 25.2. The van der Waals surface area contributed by atoms with Crippen molar-refractivity contribution in [1.82, 2.24) is 19.8 Å². The molecule has 0 bridgehead atoms. The van der Waals surface area contributed by atoms with E-state index in [0.717, 1.165) is 50.2 Å². The Labute approximate surface area is 165 Å². The second-order valence-electron chi connectivity index (χ2n) is 7.83. The SMILES string of the molecule is O=C(O)[C@]12CCCN[C@@H]1CCN(Cc1ccccc1OCCn1ccnc1)C2. The zero-order valence-electron chi connectivity index (χ0n) is 16.1. The lowest BCUT2D eigenvalue weighted by molar-refractivity contribution is -0.157. The van der Waals surface area contributed by atoms with Gasteiger partial charge in [0.2, 0.25) is 0 Å². The van der Waals surface area contributed by atoms with E-state index in [1.54, 1.807) is 12.5 Å². The number of para-hydroxylation sites is 1. The molecule has 0 unspecified atom stereocenters. The van der Waals surface area contributed by atoms with E-state index in [2.05, 4.69) is 21.3 Å². The van der Waals surface area contributed by atoms with Gasteiger partial charge in [0, 0.05) is 43.6 Å². The molecule has 0 saturated carbocycles. The van der Waals surface area contributed by atoms with E-state index in [4.69, 9.17) is 4.74 Å². The largest absolute Gasteiger partial charge is 0.491 e. The summed E-state index contributed by atoms with van der Waals surface area (Å²) in [7, 11) is 0. The number of fused-ring (bicyclic) bond motifs is 1. The zero-order chi connectivity index (χ0) is 19.4. The standard InChI is InChI=1S/C21H28N4O3/c26-20(27)21-7-3-8-23-19(21)6-10-25(15-21)14-17-4-1-2-5-18(17)28-13-12-24-11-9-22-16-24/h1-2,4-5,9,11,16,19,23H,3,6-8,10,12-15H2,(H,26,27)/t19-,21+/m1/s1. The smallest absolute Gasteiger partial charge is 0.312 e. The number of carboxylic acid groups (broad SMARTS) is 1. The van der Waals surface area contributed by atoms with Crippen LogP contribution in [-0.4, -0.2) is 57.8 Å². The third kappa shape index (κ3) is 3.91. The van der Waals surface area contributed by atoms with E-state index < -0.39 is 11.4 Å². The lowest BCUT2D eigenvalue weighted by Gasteiger charge is -2.48. The molecule has 1 aromatic heterocycles. The number of benzene rings is 1. The van der Waals surface area contributed by atoms with Crippen LogP contribution in [0.25, 0.3) is 0 Å². The number of carbonyl (C=O) groups is 1. The van der Waals surface area contributed by atoms with Crippen LogP contribution in [-0.2, 0) is 17.9 Å². The van der Waals surface area contributed by atoms with Gasteiger partial charge in [0.05, 0.1) is 18.3 Å². The first-order valence-electron chi connectivity index (χ1n) is 10.0. The van der Waals surface area contributed by atoms with Gasteiger partial charge in [-0.2, -0.15) is 0 Å². The summed E-state index contributed by atoms with van der Waals surface area (Å²) in [6.45, 7) is 4.43. The highest BCUT2D eigenvalue weighted by atomic mass is 16.5. The number of rotatable bonds is 7. The average Bonchev–Trinajstić information content (AvgIpc) is 3.22. The van der Waals surface area contributed by atoms with Crippen LogP contribution in [0.2, 0.25) is 0 Å². The minimum absolute atomic E-state index is 0.0803. The zero-order valence-corrected chi connectivity index (χ0v) is 16.1. The third-order valence-corrected chi connectivity index (χ3v) is 6.06. The summed E-state index contributed by atoms with van der Waals surface area (Å²) in [4.78, 5) is 18.4. The average molecular weight is 384 g/mol. The molecule has 0 aliphatic carbocycles. The summed E-state index contributed by atoms with van der Waals surface area (Å²) in [5, 5.41) is 13.4. The Morgan fingerprint density at radius 2 is 2.29 bits per heavy atom. The van der Waals surface area contributed by atoms with Crippen molar-refractivity contribution >= 4 is 5.97 Å². The van der Waals surface area contributed by atoms with Gasteiger partial charge in [0.15, 0.2) is 0 Å². The number of piperidine rings is 2. The van der Waals surface area contributed by atoms with Crippen LogP contribution in [0, 0.1) is 5.41 Å². The fraction of sp³-hybridized carbons (Fsp3) is 0.524. The molecule has 2 fully saturated rings. The topological polar surface area (TPSA) is 79.6 Å². The Hall–Kier alpha value is -2.38. The Kier molecular flexibility index (Phi) is 5.64. The van der Waals surface area contributed by atoms with E-state index in [1.807, 2.05) is 29.0 Å². The van der Waals surface area contributed by atoms with Crippen molar-refractivity contribution in [3.63, 3.8) is 0 Å². The summed E-state index contributed by atoms with van der Waals surface area (Å²) >= 11 is 0. The van der Waals surface area contributed by atoms with E-state index in [9.17, 15) is 9.90 Å². The van der Waals surface area contributed by atoms with E-state index >= 15 is 0 Å². The van der Waals surface area contributed by atoms with Crippen molar-refractivity contribution in [1.29, 1.82) is 0 Å². The molecule has 2 N–H and O–H groups in total. The number of nitrogens with zero attached hydrogens (tertiary/aromatic N) is 3. The molecule has 4 rings (SSSR count). The molecule has 0 amide bonds. The molecule has 2 aliphatic rings. The van der Waals surface area contributed by atoms with Crippen molar-refractivity contribution < 1.29 is 14.6 Å². The number of nitrogens with one attached hydrogen (secondary N) is 1. The second-order valence-corrected chi connectivity index (χ2v) is 7.83. The second kappa shape index (κ2) is 8.32. The van der Waals surface area contributed by atoms with Crippen molar-refractivity contribution in [2.75, 3.05) is 26.2 Å². The molecule has 28 heavy (non-hydrogen) atoms. The van der Waals surface area contributed by atoms with Gasteiger partial charge in [-0.05, 0) is 31.9 Å². The lowest BCUT2D eigenvalue weighted by atomic mass is 9.70. The summed E-state index contributed by atoms with van der Waals surface area (Å²) in [5.74, 6) is 0.204. The quantitative estimate of drug-likeness (QED) is 0.760. The Morgan fingerprint density at radius 3 is 3.11 bits per heavy atom. The Bertz CT molecular complexity index is 795. The van der Waals surface area contributed by atoms with Crippen LogP contribution in [0.4, 0.5) is 0 Å². The molecule has 0 spiro atoms. The lowest BCUT2D eigenvalue weighted by Crippen LogP contribution is -2.62. The third-order valence-electron chi connectivity index (χ3n) is 6.06. The predicted octanol–water partition coefficient (Wildman–Crippen LogP) is 1.99. The molecule has 2 aliphatic heterocycles. The highest BCUT2D eigenvalue weighted by molar-refractivity contribution is 5.76. The molecule has 7 nitrogen and oxygen atoms in total. The summed E-state index contributed by atoms with van der Waals surface area (Å²) in [6, 6.07) is 8.14. The van der Waals surface area contributed by atoms with Gasteiger partial charge >= 0.3 is 5.97 Å². The van der Waals surface area contributed by atoms with Crippen molar-refractivity contribution in [3.05, 3.63) is 48.5 Å². The minimum atomic E-state index is -0.673. The fourth-order valence-electron chi connectivity index (χ4n) is 4.56. The monoisotopic (exact) mass is 384 g/mol. The molecule has 2 saturated heterocycles. The molecule has 2 aromatic rings. The van der Waals surface area contributed by atoms with Crippen molar-refractivity contribution in [2.24, 2.45) is 5.41 Å². The molecule has 1 aromatic carbocycles. The number of aliphatic carboxylic acids is 1. The predicted molar refractivity (Wildman–Crippen MR) is 105 cm³/mol. The van der Waals surface area contributed by atoms with Gasteiger partial charge in [0.1, 0.15) is 12.4 Å². The van der Waals surface area contributed by atoms with E-state index in [1.165, 1.54) is 0 Å². The van der Waals surface area contributed by atoms with Crippen LogP contribution < -0.4 is 10.1 Å². The molecular formula is C21H28N4O3. The maximum atomic E-state index is 12.1. The first-order chi connectivity index (χ1) is 13.7. The van der Waals surface area contributed by atoms with Crippen LogP contribution >= 0.6 is 0 Å². The fourth-order valence-corrected chi connectivity index (χ4v) is 4.56. The molecule has 0 radical (unpaired) electrons. The summed E-state index contributed by atoms with van der Waals surface area (Å²) in [5.41, 5.74) is 0.434. The van der Waals surface area contributed by atoms with Gasteiger partial charge in [-0.15, -0.1) is 0 Å². The van der Waals surface area contributed by atoms with E-state index in [0.29, 0.717) is 19.7 Å². The van der Waals surface area contributed by atoms with Gasteiger partial charge in [-0.25, -0.2) is 4.98 Å². The number of imidazole rings is 1. The highest BCUT2D eigenvalue weighted by Crippen LogP contribution is 2.38. The molecular weight excluding hydrogens is 356 g/mol. The molecule has 2 atom stereocenters. The van der Waals surface area contributed by atoms with E-state index in [-0.39, 0.29) is 6.04 Å². The first kappa shape index (κ1) is 19.0. The Balaban J connectivity index is 1.42. The number of ether oxygens (including phenoxy) is 1. The Morgan fingerprint density at radius 1 is 1.39 bits per heavy atom. The summed E-state index contributed by atoms with van der Waals surface area (Å²) < 4.78 is 8.01. The minimum Gasteiger partial charge on any atom is -0.491 e. The number of likely N-dealkylation sites (tertiary alicyclic amines) is 1. The van der Waals surface area contributed by atoms with Gasteiger partial charge in [-0.3, -0.25) is 9.69 Å². The first-order valence-corrected chi connectivity index (χ1v) is 10.0. The number of hydrogen-bond donors (Lipinski definition) is 2. The van der Waals surface area contributed by atoms with Crippen LogP contribution in [0.1, 0.15) is 24.8 Å². The van der Waals surface area contributed by atoms with Crippen LogP contribution in [0.15, 0.2) is 43.0 Å². The maximum absolute atomic E-state index is 12.1. The van der Waals surface area contributed by atoms with Crippen LogP contribution in [0.3, 0.4) is 0 Å². The van der Waals surface area contributed by atoms with Gasteiger partial charge in [0.25, 0.3) is 0 Å². The number of hydrogen-bond acceptors (Lipinski definition) is 5. The van der Waals surface area contributed by atoms with Gasteiger partial charge < -0.3 is 19.7 Å². The van der Waals surface area contributed by atoms with Crippen LogP contribution in [0.5, 0.6) is 5.75 Å². The summed E-state index contributed by atoms with van der Waals surface area (Å²) in [6.07, 6.45) is 8.00. The van der Waals surface area contributed by atoms with Gasteiger partial charge in [-0.1, -0.05) is 18.2 Å². The van der Waals surface area contributed by atoms with Crippen molar-refractivity contribution in [3.8, 4) is 5.75 Å². The molecule has 3 heterocycles. The van der Waals surface area contributed by atoms with Crippen molar-refractivity contribution in [2.45, 2.75) is 38.4 Å². The number of aromatic nitrogens is 2. The molecule has 150 valence electrons. The molecule has 7 heteroatoms. The number of carboxylic acids is 1. The highest BCUT2D eigenvalue weighted by Gasteiger charge is 2.50. The maximum Gasteiger partial charge on any atom is 0.312 e.